The van der Waals surface area contributed by atoms with Crippen molar-refractivity contribution in [3.63, 3.8) is 0 Å². The van der Waals surface area contributed by atoms with Crippen LogP contribution in [0.1, 0.15) is 24.1 Å². The van der Waals surface area contributed by atoms with E-state index in [1.54, 1.807) is 44.6 Å². The van der Waals surface area contributed by atoms with E-state index in [0.717, 1.165) is 5.56 Å². The normalized spacial score (nSPS) is 11.1. The maximum absolute atomic E-state index is 12.1. The van der Waals surface area contributed by atoms with E-state index in [1.807, 2.05) is 25.1 Å². The number of carbonyl (C=O) groups excluding carboxylic acids is 1. The van der Waals surface area contributed by atoms with E-state index < -0.39 is 0 Å². The number of benzene rings is 2. The number of amides is 1. The standard InChI is InChI=1S/C19H20N2O4/c1-13(15-6-9-17(23-2)18(10-15)24-3)21-19(22)12-25-16-7-4-14(11-20)5-8-16/h4-10,13H,12H2,1-3H3,(H,21,22). The van der Waals surface area contributed by atoms with Gasteiger partial charge in [-0.3, -0.25) is 4.79 Å². The highest BCUT2D eigenvalue weighted by Crippen LogP contribution is 2.29. The van der Waals surface area contributed by atoms with Gasteiger partial charge in [-0.15, -0.1) is 0 Å². The molecule has 1 N–H and O–H groups in total. The highest BCUT2D eigenvalue weighted by molar-refractivity contribution is 5.78. The second-order valence-electron chi connectivity index (χ2n) is 5.33. The molecule has 1 atom stereocenters. The van der Waals surface area contributed by atoms with Crippen LogP contribution in [0.5, 0.6) is 17.2 Å². The van der Waals surface area contributed by atoms with E-state index in [1.165, 1.54) is 0 Å². The molecule has 0 saturated heterocycles. The first-order valence-electron chi connectivity index (χ1n) is 7.71. The molecule has 0 radical (unpaired) electrons. The summed E-state index contributed by atoms with van der Waals surface area (Å²) >= 11 is 0. The number of hydrogen-bond acceptors (Lipinski definition) is 5. The number of ether oxygens (including phenoxy) is 3. The van der Waals surface area contributed by atoms with E-state index in [9.17, 15) is 4.79 Å². The molecule has 0 spiro atoms. The van der Waals surface area contributed by atoms with Gasteiger partial charge in [-0.1, -0.05) is 6.07 Å². The van der Waals surface area contributed by atoms with Crippen molar-refractivity contribution < 1.29 is 19.0 Å². The first-order chi connectivity index (χ1) is 12.1. The van der Waals surface area contributed by atoms with Crippen molar-refractivity contribution >= 4 is 5.91 Å². The third-order valence-corrected chi connectivity index (χ3v) is 3.64. The molecule has 1 amide bonds. The smallest absolute Gasteiger partial charge is 0.258 e. The van der Waals surface area contributed by atoms with Crippen molar-refractivity contribution in [3.8, 4) is 23.3 Å². The number of nitrogens with zero attached hydrogens (tertiary/aromatic N) is 1. The molecular weight excluding hydrogens is 320 g/mol. The molecule has 6 heteroatoms. The van der Waals surface area contributed by atoms with E-state index in [0.29, 0.717) is 22.8 Å². The average Bonchev–Trinajstić information content (AvgIpc) is 2.66. The fourth-order valence-electron chi connectivity index (χ4n) is 2.26. The Balaban J connectivity index is 1.92. The summed E-state index contributed by atoms with van der Waals surface area (Å²) in [7, 11) is 3.14. The quantitative estimate of drug-likeness (QED) is 0.838. The van der Waals surface area contributed by atoms with Gasteiger partial charge in [-0.2, -0.15) is 5.26 Å². The molecule has 0 bridgehead atoms. The Morgan fingerprint density at radius 1 is 1.12 bits per heavy atom. The highest BCUT2D eigenvalue weighted by atomic mass is 16.5. The molecule has 0 fully saturated rings. The van der Waals surface area contributed by atoms with Crippen LogP contribution in [0.4, 0.5) is 0 Å². The lowest BCUT2D eigenvalue weighted by Crippen LogP contribution is -2.31. The van der Waals surface area contributed by atoms with Crippen molar-refractivity contribution in [3.05, 3.63) is 53.6 Å². The maximum Gasteiger partial charge on any atom is 0.258 e. The van der Waals surface area contributed by atoms with Crippen molar-refractivity contribution in [1.82, 2.24) is 5.32 Å². The second-order valence-corrected chi connectivity index (χ2v) is 5.33. The van der Waals surface area contributed by atoms with E-state index >= 15 is 0 Å². The van der Waals surface area contributed by atoms with Crippen LogP contribution in [0.15, 0.2) is 42.5 Å². The lowest BCUT2D eigenvalue weighted by atomic mass is 10.1. The third-order valence-electron chi connectivity index (χ3n) is 3.64. The Hall–Kier alpha value is -3.20. The van der Waals surface area contributed by atoms with Crippen LogP contribution in [0.2, 0.25) is 0 Å². The fourth-order valence-corrected chi connectivity index (χ4v) is 2.26. The average molecular weight is 340 g/mol. The predicted octanol–water partition coefficient (Wildman–Crippen LogP) is 2.83. The molecule has 0 aliphatic carbocycles. The van der Waals surface area contributed by atoms with Crippen LogP contribution >= 0.6 is 0 Å². The molecule has 2 aromatic carbocycles. The Labute approximate surface area is 146 Å². The van der Waals surface area contributed by atoms with Gasteiger partial charge < -0.3 is 19.5 Å². The van der Waals surface area contributed by atoms with E-state index in [-0.39, 0.29) is 18.6 Å². The van der Waals surface area contributed by atoms with Gasteiger partial charge in [0.15, 0.2) is 18.1 Å². The molecule has 6 nitrogen and oxygen atoms in total. The van der Waals surface area contributed by atoms with Crippen molar-refractivity contribution in [1.29, 1.82) is 5.26 Å². The summed E-state index contributed by atoms with van der Waals surface area (Å²) in [5.74, 6) is 1.53. The van der Waals surface area contributed by atoms with Crippen molar-refractivity contribution in [2.45, 2.75) is 13.0 Å². The van der Waals surface area contributed by atoms with Crippen LogP contribution < -0.4 is 19.5 Å². The summed E-state index contributed by atoms with van der Waals surface area (Å²) in [5, 5.41) is 11.6. The lowest BCUT2D eigenvalue weighted by Gasteiger charge is -2.16. The molecule has 2 rings (SSSR count). The molecule has 130 valence electrons. The van der Waals surface area contributed by atoms with Crippen LogP contribution in [-0.4, -0.2) is 26.7 Å². The fraction of sp³-hybridized carbons (Fsp3) is 0.263. The lowest BCUT2D eigenvalue weighted by molar-refractivity contribution is -0.123. The minimum Gasteiger partial charge on any atom is -0.493 e. The van der Waals surface area contributed by atoms with Gasteiger partial charge in [0, 0.05) is 0 Å². The second kappa shape index (κ2) is 8.60. The van der Waals surface area contributed by atoms with Crippen LogP contribution in [0.3, 0.4) is 0 Å². The van der Waals surface area contributed by atoms with Gasteiger partial charge in [-0.25, -0.2) is 0 Å². The minimum absolute atomic E-state index is 0.108. The summed E-state index contributed by atoms with van der Waals surface area (Å²) in [5.41, 5.74) is 1.43. The minimum atomic E-state index is -0.244. The Bertz CT molecular complexity index is 766. The van der Waals surface area contributed by atoms with E-state index in [4.69, 9.17) is 19.5 Å². The number of nitriles is 1. The molecule has 0 saturated carbocycles. The zero-order valence-corrected chi connectivity index (χ0v) is 14.4. The van der Waals surface area contributed by atoms with Gasteiger partial charge in [0.25, 0.3) is 5.91 Å². The van der Waals surface area contributed by atoms with Crippen LogP contribution in [0, 0.1) is 11.3 Å². The Kier molecular flexibility index (Phi) is 6.24. The summed E-state index contributed by atoms with van der Waals surface area (Å²) in [6.45, 7) is 1.77. The van der Waals surface area contributed by atoms with Crippen molar-refractivity contribution in [2.24, 2.45) is 0 Å². The zero-order chi connectivity index (χ0) is 18.2. The molecule has 0 aromatic heterocycles. The predicted molar refractivity (Wildman–Crippen MR) is 92.8 cm³/mol. The SMILES string of the molecule is COc1ccc(C(C)NC(=O)COc2ccc(C#N)cc2)cc1OC. The largest absolute Gasteiger partial charge is 0.493 e. The third kappa shape index (κ3) is 4.88. The number of nitrogens with one attached hydrogen (secondary N) is 1. The monoisotopic (exact) mass is 340 g/mol. The topological polar surface area (TPSA) is 80.6 Å². The Morgan fingerprint density at radius 2 is 1.80 bits per heavy atom. The number of carbonyl (C=O) groups is 1. The van der Waals surface area contributed by atoms with Gasteiger partial charge in [0.2, 0.25) is 0 Å². The van der Waals surface area contributed by atoms with Gasteiger partial charge in [-0.05, 0) is 48.9 Å². The molecule has 25 heavy (non-hydrogen) atoms. The zero-order valence-electron chi connectivity index (χ0n) is 14.4. The van der Waals surface area contributed by atoms with Gasteiger partial charge in [0.05, 0.1) is 31.9 Å². The van der Waals surface area contributed by atoms with E-state index in [2.05, 4.69) is 5.32 Å². The summed E-state index contributed by atoms with van der Waals surface area (Å²) in [6.07, 6.45) is 0. The maximum atomic E-state index is 12.1. The molecule has 0 aliphatic rings. The number of methoxy groups -OCH3 is 2. The Morgan fingerprint density at radius 3 is 2.40 bits per heavy atom. The molecular formula is C19H20N2O4. The summed E-state index contributed by atoms with van der Waals surface area (Å²) < 4.78 is 15.9. The highest BCUT2D eigenvalue weighted by Gasteiger charge is 2.13. The van der Waals surface area contributed by atoms with Crippen molar-refractivity contribution in [2.75, 3.05) is 20.8 Å². The molecule has 0 aliphatic heterocycles. The van der Waals surface area contributed by atoms with Gasteiger partial charge in [0.1, 0.15) is 5.75 Å². The summed E-state index contributed by atoms with van der Waals surface area (Å²) in [4.78, 5) is 12.1. The van der Waals surface area contributed by atoms with Crippen LogP contribution in [-0.2, 0) is 4.79 Å². The van der Waals surface area contributed by atoms with Crippen LogP contribution in [0.25, 0.3) is 0 Å². The summed E-state index contributed by atoms with van der Waals surface area (Å²) in [6, 6.07) is 13.9. The number of hydrogen-bond donors (Lipinski definition) is 1. The first-order valence-corrected chi connectivity index (χ1v) is 7.71. The number of rotatable bonds is 7. The van der Waals surface area contributed by atoms with Gasteiger partial charge >= 0.3 is 0 Å². The molecule has 1 unspecified atom stereocenters. The first kappa shape index (κ1) is 18.1. The molecule has 2 aromatic rings. The molecule has 0 heterocycles.